The number of allylic oxidation sites excluding steroid dienone is 1. The average Bonchev–Trinajstić information content (AvgIpc) is 2.06. The molecule has 0 radical (unpaired) electrons. The molecule has 0 saturated carbocycles. The zero-order chi connectivity index (χ0) is 8.97. The molecule has 0 unspecified atom stereocenters. The lowest BCUT2D eigenvalue weighted by Crippen LogP contribution is -1.86. The lowest BCUT2D eigenvalue weighted by atomic mass is 10.1. The maximum Gasteiger partial charge on any atom is 0.252 e. The van der Waals surface area contributed by atoms with E-state index in [4.69, 9.17) is 11.6 Å². The van der Waals surface area contributed by atoms with Crippen LogP contribution in [0.3, 0.4) is 0 Å². The van der Waals surface area contributed by atoms with Crippen LogP contribution in [0.1, 0.15) is 22.8 Å². The molecule has 0 aliphatic heterocycles. The quantitative estimate of drug-likeness (QED) is 0.640. The van der Waals surface area contributed by atoms with E-state index in [0.717, 1.165) is 5.56 Å². The Kier molecular flexibility index (Phi) is 3.06. The second kappa shape index (κ2) is 4.07. The number of carbonyl (C=O) groups excluding carboxylic acids is 1. The van der Waals surface area contributed by atoms with E-state index in [2.05, 4.69) is 0 Å². The fraction of sp³-hybridized carbons (Fsp3) is 0.100. The molecule has 62 valence electrons. The van der Waals surface area contributed by atoms with Crippen molar-refractivity contribution >= 4 is 22.9 Å². The van der Waals surface area contributed by atoms with Crippen LogP contribution in [0.2, 0.25) is 0 Å². The summed E-state index contributed by atoms with van der Waals surface area (Å²) >= 11 is 5.28. The predicted octanol–water partition coefficient (Wildman–Crippen LogP) is 3.10. The van der Waals surface area contributed by atoms with Crippen LogP contribution in [0.4, 0.5) is 0 Å². The van der Waals surface area contributed by atoms with E-state index in [-0.39, 0.29) is 0 Å². The Morgan fingerprint density at radius 1 is 1.33 bits per heavy atom. The molecule has 0 fully saturated rings. The summed E-state index contributed by atoms with van der Waals surface area (Å²) in [4.78, 5) is 10.7. The second-order valence-corrected chi connectivity index (χ2v) is 2.74. The van der Waals surface area contributed by atoms with Crippen molar-refractivity contribution in [2.45, 2.75) is 6.92 Å². The summed E-state index contributed by atoms with van der Waals surface area (Å²) in [6.07, 6.45) is 3.90. The molecule has 12 heavy (non-hydrogen) atoms. The van der Waals surface area contributed by atoms with E-state index in [1.54, 1.807) is 12.1 Å². The van der Waals surface area contributed by atoms with Crippen molar-refractivity contribution in [1.29, 1.82) is 0 Å². The van der Waals surface area contributed by atoms with Crippen LogP contribution in [0.15, 0.2) is 30.3 Å². The minimum atomic E-state index is -0.415. The molecule has 0 amide bonds. The van der Waals surface area contributed by atoms with E-state index < -0.39 is 5.24 Å². The number of hydrogen-bond donors (Lipinski definition) is 0. The Morgan fingerprint density at radius 3 is 2.33 bits per heavy atom. The molecule has 1 nitrogen and oxygen atoms in total. The topological polar surface area (TPSA) is 17.1 Å². The third kappa shape index (κ3) is 2.21. The molecule has 0 saturated heterocycles. The first-order valence-electron chi connectivity index (χ1n) is 3.66. The summed E-state index contributed by atoms with van der Waals surface area (Å²) in [7, 11) is 0. The van der Waals surface area contributed by atoms with Crippen molar-refractivity contribution < 1.29 is 4.79 Å². The molecule has 0 aliphatic carbocycles. The molecule has 0 atom stereocenters. The fourth-order valence-electron chi connectivity index (χ4n) is 0.918. The number of hydrogen-bond acceptors (Lipinski definition) is 1. The van der Waals surface area contributed by atoms with E-state index in [9.17, 15) is 4.79 Å². The smallest absolute Gasteiger partial charge is 0.252 e. The normalized spacial score (nSPS) is 10.5. The Bertz CT molecular complexity index is 298. The maximum atomic E-state index is 10.7. The Balaban J connectivity index is 2.93. The lowest BCUT2D eigenvalue weighted by Gasteiger charge is -1.94. The summed E-state index contributed by atoms with van der Waals surface area (Å²) in [6, 6.07) is 7.14. The van der Waals surface area contributed by atoms with E-state index >= 15 is 0 Å². The van der Waals surface area contributed by atoms with Gasteiger partial charge in [-0.05, 0) is 36.2 Å². The fourth-order valence-corrected chi connectivity index (χ4v) is 1.04. The van der Waals surface area contributed by atoms with Crippen LogP contribution < -0.4 is 0 Å². The monoisotopic (exact) mass is 180 g/mol. The molecule has 0 bridgehead atoms. The van der Waals surface area contributed by atoms with Gasteiger partial charge in [-0.25, -0.2) is 0 Å². The van der Waals surface area contributed by atoms with Gasteiger partial charge in [0.15, 0.2) is 0 Å². The van der Waals surface area contributed by atoms with Gasteiger partial charge in [0.2, 0.25) is 0 Å². The van der Waals surface area contributed by atoms with Crippen molar-refractivity contribution in [3.05, 3.63) is 41.5 Å². The Hall–Kier alpha value is -1.08. The summed E-state index contributed by atoms with van der Waals surface area (Å²) in [5.41, 5.74) is 1.60. The van der Waals surface area contributed by atoms with Crippen molar-refractivity contribution in [3.63, 3.8) is 0 Å². The van der Waals surface area contributed by atoms with Crippen LogP contribution in [0, 0.1) is 0 Å². The number of rotatable bonds is 2. The van der Waals surface area contributed by atoms with Crippen LogP contribution in [-0.4, -0.2) is 5.24 Å². The van der Waals surface area contributed by atoms with Gasteiger partial charge in [0.25, 0.3) is 5.24 Å². The first kappa shape index (κ1) is 9.01. The Labute approximate surface area is 76.7 Å². The maximum absolute atomic E-state index is 10.7. The first-order chi connectivity index (χ1) is 5.74. The molecule has 0 spiro atoms. The Morgan fingerprint density at radius 2 is 1.92 bits per heavy atom. The third-order valence-corrected chi connectivity index (χ3v) is 1.71. The summed E-state index contributed by atoms with van der Waals surface area (Å²) in [6.45, 7) is 1.95. The summed E-state index contributed by atoms with van der Waals surface area (Å²) in [5.74, 6) is 0. The number of benzene rings is 1. The standard InChI is InChI=1S/C10H9ClO/c1-2-3-8-4-6-9(7-5-8)10(11)12/h2-7H,1H3/b3-2+. The highest BCUT2D eigenvalue weighted by Crippen LogP contribution is 2.08. The van der Waals surface area contributed by atoms with Gasteiger partial charge in [-0.3, -0.25) is 4.79 Å². The zero-order valence-corrected chi connectivity index (χ0v) is 7.51. The van der Waals surface area contributed by atoms with Gasteiger partial charge >= 0.3 is 0 Å². The van der Waals surface area contributed by atoms with Crippen molar-refractivity contribution in [2.24, 2.45) is 0 Å². The van der Waals surface area contributed by atoms with Gasteiger partial charge < -0.3 is 0 Å². The van der Waals surface area contributed by atoms with Gasteiger partial charge in [-0.15, -0.1) is 0 Å². The molecule has 0 aliphatic rings. The van der Waals surface area contributed by atoms with E-state index in [1.165, 1.54) is 0 Å². The molecule has 2 heteroatoms. The second-order valence-electron chi connectivity index (χ2n) is 2.40. The van der Waals surface area contributed by atoms with Crippen LogP contribution >= 0.6 is 11.6 Å². The zero-order valence-electron chi connectivity index (χ0n) is 6.75. The minimum Gasteiger partial charge on any atom is -0.276 e. The predicted molar refractivity (Wildman–Crippen MR) is 51.3 cm³/mol. The van der Waals surface area contributed by atoms with Crippen molar-refractivity contribution in [1.82, 2.24) is 0 Å². The number of halogens is 1. The van der Waals surface area contributed by atoms with Gasteiger partial charge in [0, 0.05) is 5.56 Å². The molecule has 1 aromatic carbocycles. The van der Waals surface area contributed by atoms with E-state index in [1.807, 2.05) is 31.2 Å². The largest absolute Gasteiger partial charge is 0.276 e. The number of carbonyl (C=O) groups is 1. The molecule has 1 aromatic rings. The van der Waals surface area contributed by atoms with Gasteiger partial charge in [-0.1, -0.05) is 24.3 Å². The van der Waals surface area contributed by atoms with Crippen LogP contribution in [-0.2, 0) is 0 Å². The molecular formula is C10H9ClO. The molecule has 0 aromatic heterocycles. The van der Waals surface area contributed by atoms with Gasteiger partial charge in [-0.2, -0.15) is 0 Å². The van der Waals surface area contributed by atoms with Crippen molar-refractivity contribution in [2.75, 3.05) is 0 Å². The molecular weight excluding hydrogens is 172 g/mol. The average molecular weight is 181 g/mol. The van der Waals surface area contributed by atoms with Gasteiger partial charge in [0.1, 0.15) is 0 Å². The highest BCUT2D eigenvalue weighted by Gasteiger charge is 1.98. The SMILES string of the molecule is C/C=C/c1ccc(C(=O)Cl)cc1. The minimum absolute atomic E-state index is 0.415. The van der Waals surface area contributed by atoms with E-state index in [0.29, 0.717) is 5.56 Å². The van der Waals surface area contributed by atoms with Crippen molar-refractivity contribution in [3.8, 4) is 0 Å². The highest BCUT2D eigenvalue weighted by molar-refractivity contribution is 6.67. The lowest BCUT2D eigenvalue weighted by molar-refractivity contribution is 0.108. The first-order valence-corrected chi connectivity index (χ1v) is 4.04. The summed E-state index contributed by atoms with van der Waals surface area (Å²) in [5, 5.41) is -0.415. The summed E-state index contributed by atoms with van der Waals surface area (Å²) < 4.78 is 0. The molecule has 0 N–H and O–H groups in total. The van der Waals surface area contributed by atoms with Crippen LogP contribution in [0.25, 0.3) is 6.08 Å². The molecule has 1 rings (SSSR count). The third-order valence-electron chi connectivity index (χ3n) is 1.50. The van der Waals surface area contributed by atoms with Gasteiger partial charge in [0.05, 0.1) is 0 Å². The highest BCUT2D eigenvalue weighted by atomic mass is 35.5. The molecule has 0 heterocycles. The van der Waals surface area contributed by atoms with Crippen LogP contribution in [0.5, 0.6) is 0 Å².